The number of piperidine rings is 1. The van der Waals surface area contributed by atoms with Crippen molar-refractivity contribution in [1.82, 2.24) is 10.2 Å². The zero-order valence-corrected chi connectivity index (χ0v) is 16.2. The Morgan fingerprint density at radius 2 is 1.93 bits per heavy atom. The Morgan fingerprint density at radius 3 is 2.67 bits per heavy atom. The summed E-state index contributed by atoms with van der Waals surface area (Å²) in [5.41, 5.74) is 2.45. The van der Waals surface area contributed by atoms with Crippen LogP contribution >= 0.6 is 0 Å². The lowest BCUT2D eigenvalue weighted by Gasteiger charge is -2.32. The highest BCUT2D eigenvalue weighted by Crippen LogP contribution is 2.27. The molecule has 2 aromatic carbocycles. The first-order valence-electron chi connectivity index (χ1n) is 9.65. The molecular weight excluding hydrogens is 338 g/mol. The molecule has 1 aliphatic rings. The highest BCUT2D eigenvalue weighted by molar-refractivity contribution is 6.00. The molecule has 1 amide bonds. The van der Waals surface area contributed by atoms with E-state index in [2.05, 4.69) is 10.6 Å². The predicted molar refractivity (Wildman–Crippen MR) is 110 cm³/mol. The fourth-order valence-electron chi connectivity index (χ4n) is 3.58. The number of rotatable bonds is 7. The van der Waals surface area contributed by atoms with E-state index in [1.165, 1.54) is 6.42 Å². The van der Waals surface area contributed by atoms with Crippen LogP contribution in [0.15, 0.2) is 48.5 Å². The molecule has 5 nitrogen and oxygen atoms in total. The maximum atomic E-state index is 13.1. The van der Waals surface area contributed by atoms with Gasteiger partial charge in [0.15, 0.2) is 0 Å². The minimum absolute atomic E-state index is 0.105. The van der Waals surface area contributed by atoms with Crippen LogP contribution in [0.1, 0.15) is 29.6 Å². The van der Waals surface area contributed by atoms with E-state index in [9.17, 15) is 4.79 Å². The van der Waals surface area contributed by atoms with E-state index in [4.69, 9.17) is 4.74 Å². The summed E-state index contributed by atoms with van der Waals surface area (Å²) in [6, 6.07) is 15.4. The number of para-hydroxylation sites is 1. The van der Waals surface area contributed by atoms with Gasteiger partial charge in [0.05, 0.1) is 18.4 Å². The molecule has 0 bridgehead atoms. The Bertz CT molecular complexity index is 755. The van der Waals surface area contributed by atoms with Crippen LogP contribution in [0.2, 0.25) is 0 Å². The van der Waals surface area contributed by atoms with Crippen molar-refractivity contribution >= 4 is 17.3 Å². The number of carbonyl (C=O) groups is 1. The first-order chi connectivity index (χ1) is 13.2. The summed E-state index contributed by atoms with van der Waals surface area (Å²) in [7, 11) is 3.64. The normalized spacial score (nSPS) is 14.8. The lowest BCUT2D eigenvalue weighted by atomic mass is 9.93. The number of hydrogen-bond acceptors (Lipinski definition) is 4. The molecule has 27 heavy (non-hydrogen) atoms. The molecule has 3 rings (SSSR count). The van der Waals surface area contributed by atoms with Gasteiger partial charge in [0.2, 0.25) is 0 Å². The fourth-order valence-corrected chi connectivity index (χ4v) is 3.58. The summed E-state index contributed by atoms with van der Waals surface area (Å²) in [4.78, 5) is 15.1. The van der Waals surface area contributed by atoms with Crippen molar-refractivity contribution in [3.63, 3.8) is 0 Å². The molecule has 0 radical (unpaired) electrons. The molecule has 0 unspecified atom stereocenters. The summed E-state index contributed by atoms with van der Waals surface area (Å²) >= 11 is 0. The fraction of sp³-hybridized carbons (Fsp3) is 0.409. The van der Waals surface area contributed by atoms with Crippen LogP contribution in [0.3, 0.4) is 0 Å². The standard InChI is InChI=1S/C22H29N3O2/c1-23-13-10-17-11-14-25(15-12-17)22(26)20-8-3-4-9-21(20)24-18-6-5-7-19(16-18)27-2/h3-9,16-17,23-24H,10-15H2,1-2H3. The second-order valence-corrected chi connectivity index (χ2v) is 7.03. The van der Waals surface area contributed by atoms with Crippen molar-refractivity contribution in [2.24, 2.45) is 5.92 Å². The Hall–Kier alpha value is -2.53. The number of nitrogens with zero attached hydrogens (tertiary/aromatic N) is 1. The maximum absolute atomic E-state index is 13.1. The lowest BCUT2D eigenvalue weighted by Crippen LogP contribution is -2.39. The smallest absolute Gasteiger partial charge is 0.255 e. The van der Waals surface area contributed by atoms with E-state index in [0.717, 1.165) is 49.6 Å². The van der Waals surface area contributed by atoms with Gasteiger partial charge in [-0.2, -0.15) is 0 Å². The quantitative estimate of drug-likeness (QED) is 0.779. The Kier molecular flexibility index (Phi) is 6.71. The molecule has 0 saturated carbocycles. The average molecular weight is 367 g/mol. The van der Waals surface area contributed by atoms with Gasteiger partial charge in [-0.05, 0) is 63.0 Å². The van der Waals surface area contributed by atoms with E-state index < -0.39 is 0 Å². The molecule has 5 heteroatoms. The average Bonchev–Trinajstić information content (AvgIpc) is 2.72. The first-order valence-corrected chi connectivity index (χ1v) is 9.65. The first kappa shape index (κ1) is 19.2. The summed E-state index contributed by atoms with van der Waals surface area (Å²) < 4.78 is 5.28. The zero-order valence-electron chi connectivity index (χ0n) is 16.2. The molecule has 1 aliphatic heterocycles. The number of likely N-dealkylation sites (tertiary alicyclic amines) is 1. The maximum Gasteiger partial charge on any atom is 0.255 e. The van der Waals surface area contributed by atoms with Gasteiger partial charge in [-0.3, -0.25) is 4.79 Å². The molecule has 1 fully saturated rings. The summed E-state index contributed by atoms with van der Waals surface area (Å²) in [5.74, 6) is 1.60. The number of anilines is 2. The highest BCUT2D eigenvalue weighted by Gasteiger charge is 2.24. The van der Waals surface area contributed by atoms with Crippen LogP contribution in [-0.4, -0.2) is 44.6 Å². The summed E-state index contributed by atoms with van der Waals surface area (Å²) in [5, 5.41) is 6.58. The number of benzene rings is 2. The molecule has 0 atom stereocenters. The number of carbonyl (C=O) groups excluding carboxylic acids is 1. The molecule has 144 valence electrons. The molecule has 1 saturated heterocycles. The van der Waals surface area contributed by atoms with Crippen LogP contribution in [0.25, 0.3) is 0 Å². The SMILES string of the molecule is CNCCC1CCN(C(=O)c2ccccc2Nc2cccc(OC)c2)CC1. The van der Waals surface area contributed by atoms with E-state index in [-0.39, 0.29) is 5.91 Å². The van der Waals surface area contributed by atoms with E-state index >= 15 is 0 Å². The van der Waals surface area contributed by atoms with Gasteiger partial charge in [-0.1, -0.05) is 18.2 Å². The van der Waals surface area contributed by atoms with E-state index in [1.807, 2.05) is 60.5 Å². The molecule has 1 heterocycles. The highest BCUT2D eigenvalue weighted by atomic mass is 16.5. The minimum atomic E-state index is 0.105. The van der Waals surface area contributed by atoms with Gasteiger partial charge in [-0.25, -0.2) is 0 Å². The third kappa shape index (κ3) is 5.01. The number of hydrogen-bond donors (Lipinski definition) is 2. The van der Waals surface area contributed by atoms with Crippen molar-refractivity contribution in [2.75, 3.05) is 39.1 Å². The lowest BCUT2D eigenvalue weighted by molar-refractivity contribution is 0.0688. The van der Waals surface area contributed by atoms with Crippen LogP contribution in [0.5, 0.6) is 5.75 Å². The molecule has 0 aliphatic carbocycles. The topological polar surface area (TPSA) is 53.6 Å². The van der Waals surface area contributed by atoms with Crippen molar-refractivity contribution in [3.8, 4) is 5.75 Å². The van der Waals surface area contributed by atoms with Crippen LogP contribution in [0, 0.1) is 5.92 Å². The van der Waals surface area contributed by atoms with Gasteiger partial charge in [0.1, 0.15) is 5.75 Å². The Morgan fingerprint density at radius 1 is 1.15 bits per heavy atom. The number of methoxy groups -OCH3 is 1. The summed E-state index contributed by atoms with van der Waals surface area (Å²) in [6.45, 7) is 2.72. The van der Waals surface area contributed by atoms with Crippen LogP contribution in [0.4, 0.5) is 11.4 Å². The largest absolute Gasteiger partial charge is 0.497 e. The third-order valence-corrected chi connectivity index (χ3v) is 5.21. The Balaban J connectivity index is 1.69. The van der Waals surface area contributed by atoms with Gasteiger partial charge >= 0.3 is 0 Å². The predicted octanol–water partition coefficient (Wildman–Crippen LogP) is 3.90. The molecule has 2 aromatic rings. The number of ether oxygens (including phenoxy) is 1. The van der Waals surface area contributed by atoms with Gasteiger partial charge in [0.25, 0.3) is 5.91 Å². The van der Waals surface area contributed by atoms with Crippen molar-refractivity contribution < 1.29 is 9.53 Å². The van der Waals surface area contributed by atoms with Crippen molar-refractivity contribution in [1.29, 1.82) is 0 Å². The molecule has 0 spiro atoms. The number of nitrogens with one attached hydrogen (secondary N) is 2. The monoisotopic (exact) mass is 367 g/mol. The molecule has 2 N–H and O–H groups in total. The zero-order chi connectivity index (χ0) is 19.1. The van der Waals surface area contributed by atoms with Gasteiger partial charge in [-0.15, -0.1) is 0 Å². The Labute approximate surface area is 161 Å². The molecule has 0 aromatic heterocycles. The van der Waals surface area contributed by atoms with Crippen LogP contribution < -0.4 is 15.4 Å². The van der Waals surface area contributed by atoms with Gasteiger partial charge in [0, 0.05) is 24.8 Å². The van der Waals surface area contributed by atoms with E-state index in [0.29, 0.717) is 11.5 Å². The van der Waals surface area contributed by atoms with Crippen molar-refractivity contribution in [2.45, 2.75) is 19.3 Å². The van der Waals surface area contributed by atoms with Crippen LogP contribution in [-0.2, 0) is 0 Å². The van der Waals surface area contributed by atoms with Crippen molar-refractivity contribution in [3.05, 3.63) is 54.1 Å². The van der Waals surface area contributed by atoms with E-state index in [1.54, 1.807) is 7.11 Å². The van der Waals surface area contributed by atoms with Gasteiger partial charge < -0.3 is 20.3 Å². The second kappa shape index (κ2) is 9.42. The minimum Gasteiger partial charge on any atom is -0.497 e. The molecular formula is C22H29N3O2. The third-order valence-electron chi connectivity index (χ3n) is 5.21. The number of amides is 1. The summed E-state index contributed by atoms with van der Waals surface area (Å²) in [6.07, 6.45) is 3.35. The second-order valence-electron chi connectivity index (χ2n) is 7.03.